The number of hydrogen-bond donors (Lipinski definition) is 1. The molecule has 2 heterocycles. The van der Waals surface area contributed by atoms with E-state index >= 15 is 0 Å². The van der Waals surface area contributed by atoms with Crippen LogP contribution in [0, 0.1) is 5.41 Å². The van der Waals surface area contributed by atoms with Gasteiger partial charge in [0.1, 0.15) is 0 Å². The molecule has 5 heteroatoms. The van der Waals surface area contributed by atoms with Crippen molar-refractivity contribution in [2.24, 2.45) is 5.41 Å². The molecule has 0 radical (unpaired) electrons. The minimum Gasteiger partial charge on any atom is -0.393 e. The minimum absolute atomic E-state index is 0.0452. The predicted molar refractivity (Wildman–Crippen MR) is 110 cm³/mol. The molecule has 3 rings (SSSR count). The first kappa shape index (κ1) is 28.0. The third-order valence-electron chi connectivity index (χ3n) is 5.34. The topological polar surface area (TPSA) is 26.7 Å². The first-order valence-corrected chi connectivity index (χ1v) is 10.7. The van der Waals surface area contributed by atoms with Crippen LogP contribution in [0.4, 0.5) is 8.78 Å². The average Bonchev–Trinajstić information content (AvgIpc) is 3.20. The van der Waals surface area contributed by atoms with Crippen LogP contribution in [0.3, 0.4) is 0 Å². The number of aliphatic hydroxyl groups is 1. The van der Waals surface area contributed by atoms with Gasteiger partial charge in [0.05, 0.1) is 6.10 Å². The van der Waals surface area contributed by atoms with Crippen LogP contribution in [0.5, 0.6) is 0 Å². The largest absolute Gasteiger partial charge is 0.393 e. The Balaban J connectivity index is 0. The van der Waals surface area contributed by atoms with E-state index in [4.69, 9.17) is 0 Å². The average molecular weight is 381 g/mol. The second-order valence-corrected chi connectivity index (χ2v) is 6.97. The van der Waals surface area contributed by atoms with Crippen molar-refractivity contribution in [1.82, 2.24) is 9.80 Å². The molecule has 26 heavy (non-hydrogen) atoms. The van der Waals surface area contributed by atoms with Gasteiger partial charge in [0.25, 0.3) is 5.92 Å². The number of hydrogen-bond acceptors (Lipinski definition) is 3. The molecule has 3 nitrogen and oxygen atoms in total. The van der Waals surface area contributed by atoms with E-state index in [0.717, 1.165) is 32.5 Å². The molecule has 3 aliphatic rings. The quantitative estimate of drug-likeness (QED) is 0.619. The van der Waals surface area contributed by atoms with Crippen LogP contribution in [0.2, 0.25) is 0 Å². The summed E-state index contributed by atoms with van der Waals surface area (Å²) in [5, 5.41) is 9.17. The van der Waals surface area contributed by atoms with E-state index in [2.05, 4.69) is 23.8 Å². The van der Waals surface area contributed by atoms with Crippen molar-refractivity contribution in [1.29, 1.82) is 0 Å². The van der Waals surface area contributed by atoms with Gasteiger partial charge in [-0.25, -0.2) is 8.78 Å². The Morgan fingerprint density at radius 1 is 0.885 bits per heavy atom. The Kier molecular flexibility index (Phi) is 14.9. The van der Waals surface area contributed by atoms with Gasteiger partial charge in [0.2, 0.25) is 0 Å². The smallest absolute Gasteiger partial charge is 0.254 e. The second-order valence-electron chi connectivity index (χ2n) is 6.97. The lowest BCUT2D eigenvalue weighted by Gasteiger charge is -2.32. The summed E-state index contributed by atoms with van der Waals surface area (Å²) < 4.78 is 25.6. The Labute approximate surface area is 162 Å². The van der Waals surface area contributed by atoms with Crippen LogP contribution in [-0.2, 0) is 0 Å². The lowest BCUT2D eigenvalue weighted by molar-refractivity contribution is 0.0358. The highest BCUT2D eigenvalue weighted by atomic mass is 19.3. The minimum atomic E-state index is -2.33. The molecule has 0 aromatic heterocycles. The molecule has 3 fully saturated rings. The molecule has 2 aliphatic heterocycles. The predicted octanol–water partition coefficient (Wildman–Crippen LogP) is 5.28. The van der Waals surface area contributed by atoms with Crippen molar-refractivity contribution in [2.75, 3.05) is 33.7 Å². The van der Waals surface area contributed by atoms with Crippen molar-refractivity contribution >= 4 is 0 Å². The summed E-state index contributed by atoms with van der Waals surface area (Å²) in [6, 6.07) is 0.564. The number of halogens is 2. The van der Waals surface area contributed by atoms with Crippen LogP contribution in [0.25, 0.3) is 0 Å². The van der Waals surface area contributed by atoms with Crippen molar-refractivity contribution < 1.29 is 13.9 Å². The van der Waals surface area contributed by atoms with Crippen LogP contribution in [0.15, 0.2) is 0 Å². The molecule has 0 unspecified atom stereocenters. The second kappa shape index (κ2) is 13.8. The molecule has 1 N–H and O–H groups in total. The third kappa shape index (κ3) is 8.62. The molecule has 0 aromatic rings. The first-order chi connectivity index (χ1) is 12.3. The summed E-state index contributed by atoms with van der Waals surface area (Å²) in [6.07, 6.45) is 3.37. The van der Waals surface area contributed by atoms with Crippen molar-refractivity contribution in [3.05, 3.63) is 0 Å². The van der Waals surface area contributed by atoms with E-state index in [9.17, 15) is 13.9 Å². The fraction of sp³-hybridized carbons (Fsp3) is 1.00. The summed E-state index contributed by atoms with van der Waals surface area (Å²) in [6.45, 7) is 16.9. The molecule has 160 valence electrons. The fourth-order valence-corrected chi connectivity index (χ4v) is 3.23. The van der Waals surface area contributed by atoms with Gasteiger partial charge in [0, 0.05) is 24.4 Å². The number of alkyl halides is 2. The zero-order valence-corrected chi connectivity index (χ0v) is 18.9. The zero-order valence-electron chi connectivity index (χ0n) is 18.9. The molecule has 2 atom stereocenters. The van der Waals surface area contributed by atoms with Gasteiger partial charge in [-0.15, -0.1) is 0 Å². The summed E-state index contributed by atoms with van der Waals surface area (Å²) in [5.74, 6) is -2.33. The van der Waals surface area contributed by atoms with Gasteiger partial charge < -0.3 is 14.9 Å². The molecule has 0 aromatic carbocycles. The Bertz CT molecular complexity index is 332. The maximum atomic E-state index is 12.8. The summed E-state index contributed by atoms with van der Waals surface area (Å²) in [5.41, 5.74) is -0.570. The molecule has 1 aliphatic carbocycles. The molecular formula is C21H46F2N2O. The molecule has 0 amide bonds. The van der Waals surface area contributed by atoms with Gasteiger partial charge in [0.15, 0.2) is 0 Å². The van der Waals surface area contributed by atoms with E-state index in [1.54, 1.807) is 0 Å². The lowest BCUT2D eigenvalue weighted by atomic mass is 9.93. The van der Waals surface area contributed by atoms with Crippen molar-refractivity contribution in [3.63, 3.8) is 0 Å². The summed E-state index contributed by atoms with van der Waals surface area (Å²) >= 11 is 0. The summed E-state index contributed by atoms with van der Waals surface area (Å²) in [7, 11) is 4.10. The van der Waals surface area contributed by atoms with E-state index in [0.29, 0.717) is 18.9 Å². The highest BCUT2D eigenvalue weighted by Gasteiger charge is 2.70. The maximum absolute atomic E-state index is 12.8. The van der Waals surface area contributed by atoms with Crippen LogP contribution in [-0.4, -0.2) is 66.7 Å². The van der Waals surface area contributed by atoms with E-state index < -0.39 is 11.3 Å². The maximum Gasteiger partial charge on any atom is 0.254 e. The Morgan fingerprint density at radius 3 is 1.62 bits per heavy atom. The molecule has 1 spiro atoms. The first-order valence-electron chi connectivity index (χ1n) is 10.7. The van der Waals surface area contributed by atoms with Crippen LogP contribution < -0.4 is 0 Å². The van der Waals surface area contributed by atoms with E-state index in [1.807, 2.05) is 48.6 Å². The number of nitrogens with zero attached hydrogens (tertiary/aromatic N) is 2. The van der Waals surface area contributed by atoms with Crippen molar-refractivity contribution in [2.45, 2.75) is 98.6 Å². The molecule has 1 saturated carbocycles. The lowest BCUT2D eigenvalue weighted by Crippen LogP contribution is -2.39. The van der Waals surface area contributed by atoms with Crippen molar-refractivity contribution in [3.8, 4) is 0 Å². The van der Waals surface area contributed by atoms with E-state index in [-0.39, 0.29) is 12.5 Å². The van der Waals surface area contributed by atoms with Gasteiger partial charge >= 0.3 is 0 Å². The number of likely N-dealkylation sites (tertiary alicyclic amines) is 2. The van der Waals surface area contributed by atoms with Gasteiger partial charge in [-0.3, -0.25) is 0 Å². The Hall–Kier alpha value is -0.260. The standard InChI is InChI=1S/C8H13F2N.C7H15NO.3C2H6/c1-11-4-2-7(3-5-11)6-8(7,9)10;1-6-5-7(9)3-4-8(6)2;3*1-2/h2-6H2,1H3;6-7,9H,3-5H2,1-2H3;3*1-2H3/t;6-,7-;;;/m.0.../s1. The molecule has 2 saturated heterocycles. The van der Waals surface area contributed by atoms with Crippen LogP contribution >= 0.6 is 0 Å². The molecule has 0 bridgehead atoms. The van der Waals surface area contributed by atoms with Gasteiger partial charge in [-0.1, -0.05) is 41.5 Å². The monoisotopic (exact) mass is 380 g/mol. The third-order valence-corrected chi connectivity index (χ3v) is 5.34. The highest BCUT2D eigenvalue weighted by Crippen LogP contribution is 2.65. The molecular weight excluding hydrogens is 334 g/mol. The van der Waals surface area contributed by atoms with E-state index in [1.165, 1.54) is 0 Å². The van der Waals surface area contributed by atoms with Gasteiger partial charge in [-0.2, -0.15) is 0 Å². The fourth-order valence-electron chi connectivity index (χ4n) is 3.23. The number of rotatable bonds is 0. The van der Waals surface area contributed by atoms with Gasteiger partial charge in [-0.05, 0) is 59.8 Å². The summed E-state index contributed by atoms with van der Waals surface area (Å²) in [4.78, 5) is 4.41. The SMILES string of the molecule is CC.CC.CC.CN1CCC2(CC1)CC2(F)F.C[C@H]1C[C@@H](O)CCN1C. The van der Waals surface area contributed by atoms with Crippen LogP contribution in [0.1, 0.15) is 80.6 Å². The normalized spacial score (nSPS) is 28.6. The highest BCUT2D eigenvalue weighted by molar-refractivity contribution is 5.11. The Morgan fingerprint density at radius 2 is 1.31 bits per heavy atom. The number of aliphatic hydroxyl groups excluding tert-OH is 1. The number of piperidine rings is 2. The zero-order chi connectivity index (χ0) is 21.0.